The van der Waals surface area contributed by atoms with Crippen LogP contribution in [-0.2, 0) is 0 Å². The van der Waals surface area contributed by atoms with E-state index in [4.69, 9.17) is 5.26 Å². The molecule has 1 N–H and O–H groups in total. The molecule has 0 bridgehead atoms. The van der Waals surface area contributed by atoms with Gasteiger partial charge in [0.15, 0.2) is 0 Å². The van der Waals surface area contributed by atoms with E-state index >= 15 is 0 Å². The molecule has 0 fully saturated rings. The SMILES string of the molecule is CC(SC#N)C(C)(C)O. The first kappa shape index (κ1) is 8.80. The lowest BCUT2D eigenvalue weighted by molar-refractivity contribution is 0.0826. The lowest BCUT2D eigenvalue weighted by Gasteiger charge is -2.21. The molecule has 0 heterocycles. The monoisotopic (exact) mass is 145 g/mol. The Hall–Kier alpha value is -0.200. The van der Waals surface area contributed by atoms with Crippen LogP contribution in [0.3, 0.4) is 0 Å². The van der Waals surface area contributed by atoms with E-state index in [-0.39, 0.29) is 5.25 Å². The molecule has 1 unspecified atom stereocenters. The Balaban J connectivity index is 3.76. The summed E-state index contributed by atoms with van der Waals surface area (Å²) >= 11 is 1.09. The van der Waals surface area contributed by atoms with Gasteiger partial charge in [-0.2, -0.15) is 5.26 Å². The lowest BCUT2D eigenvalue weighted by atomic mass is 10.1. The summed E-state index contributed by atoms with van der Waals surface area (Å²) in [6, 6.07) is 0. The average Bonchev–Trinajstić information content (AvgIpc) is 1.64. The number of thioether (sulfide) groups is 1. The zero-order valence-electron chi connectivity index (χ0n) is 5.88. The zero-order valence-corrected chi connectivity index (χ0v) is 6.70. The number of aliphatic hydroxyl groups is 1. The second kappa shape index (κ2) is 3.09. The molecule has 0 aromatic heterocycles. The van der Waals surface area contributed by atoms with Gasteiger partial charge in [0.25, 0.3) is 0 Å². The highest BCUT2D eigenvalue weighted by atomic mass is 32.2. The smallest absolute Gasteiger partial charge is 0.133 e. The molecule has 0 aliphatic carbocycles. The summed E-state index contributed by atoms with van der Waals surface area (Å²) in [5.74, 6) is 0. The van der Waals surface area contributed by atoms with E-state index in [0.29, 0.717) is 0 Å². The normalized spacial score (nSPS) is 14.6. The van der Waals surface area contributed by atoms with Crippen molar-refractivity contribution in [2.45, 2.75) is 31.6 Å². The van der Waals surface area contributed by atoms with E-state index < -0.39 is 5.60 Å². The Morgan fingerprint density at radius 1 is 1.67 bits per heavy atom. The second-order valence-corrected chi connectivity index (χ2v) is 3.63. The number of thiocyanates is 1. The predicted octanol–water partition coefficient (Wildman–Crippen LogP) is 1.36. The summed E-state index contributed by atoms with van der Waals surface area (Å²) in [4.78, 5) is 0. The largest absolute Gasteiger partial charge is 0.389 e. The highest BCUT2D eigenvalue weighted by Crippen LogP contribution is 2.20. The minimum absolute atomic E-state index is 0.0255. The summed E-state index contributed by atoms with van der Waals surface area (Å²) in [6.45, 7) is 5.22. The molecule has 0 radical (unpaired) electrons. The van der Waals surface area contributed by atoms with Crippen LogP contribution in [0, 0.1) is 10.7 Å². The molecule has 52 valence electrons. The fourth-order valence-corrected chi connectivity index (χ4v) is 0.670. The molecular formula is C6H11NOS. The van der Waals surface area contributed by atoms with Crippen LogP contribution in [0.2, 0.25) is 0 Å². The maximum absolute atomic E-state index is 9.25. The van der Waals surface area contributed by atoms with E-state index in [1.54, 1.807) is 13.8 Å². The summed E-state index contributed by atoms with van der Waals surface area (Å²) in [7, 11) is 0. The number of nitrogens with zero attached hydrogens (tertiary/aromatic N) is 1. The van der Waals surface area contributed by atoms with Crippen molar-refractivity contribution in [2.75, 3.05) is 0 Å². The van der Waals surface area contributed by atoms with Gasteiger partial charge in [0.1, 0.15) is 5.40 Å². The van der Waals surface area contributed by atoms with Crippen LogP contribution in [0.1, 0.15) is 20.8 Å². The van der Waals surface area contributed by atoms with Gasteiger partial charge < -0.3 is 5.11 Å². The third kappa shape index (κ3) is 3.39. The van der Waals surface area contributed by atoms with Crippen molar-refractivity contribution in [2.24, 2.45) is 0 Å². The molecule has 0 aliphatic rings. The molecule has 1 atom stereocenters. The van der Waals surface area contributed by atoms with Gasteiger partial charge in [-0.05, 0) is 32.5 Å². The Morgan fingerprint density at radius 3 is 2.22 bits per heavy atom. The molecule has 0 saturated heterocycles. The van der Waals surface area contributed by atoms with Gasteiger partial charge in [-0.15, -0.1) is 0 Å². The first-order chi connectivity index (χ1) is 3.98. The van der Waals surface area contributed by atoms with E-state index in [0.717, 1.165) is 11.8 Å². The predicted molar refractivity (Wildman–Crippen MR) is 39.0 cm³/mol. The van der Waals surface area contributed by atoms with Gasteiger partial charge in [-0.25, -0.2) is 0 Å². The van der Waals surface area contributed by atoms with Crippen LogP contribution in [-0.4, -0.2) is 16.0 Å². The quantitative estimate of drug-likeness (QED) is 0.597. The summed E-state index contributed by atoms with van der Waals surface area (Å²) in [5.41, 5.74) is -0.750. The average molecular weight is 145 g/mol. The number of nitriles is 1. The van der Waals surface area contributed by atoms with Crippen LogP contribution >= 0.6 is 11.8 Å². The molecule has 0 spiro atoms. The van der Waals surface area contributed by atoms with Crippen LogP contribution in [0.25, 0.3) is 0 Å². The number of hydrogen-bond donors (Lipinski definition) is 1. The number of hydrogen-bond acceptors (Lipinski definition) is 3. The first-order valence-corrected chi connectivity index (χ1v) is 3.63. The van der Waals surface area contributed by atoms with Gasteiger partial charge in [-0.3, -0.25) is 0 Å². The highest BCUT2D eigenvalue weighted by Gasteiger charge is 2.22. The van der Waals surface area contributed by atoms with E-state index in [2.05, 4.69) is 0 Å². The van der Waals surface area contributed by atoms with Crippen LogP contribution < -0.4 is 0 Å². The van der Waals surface area contributed by atoms with Crippen molar-refractivity contribution in [3.05, 3.63) is 0 Å². The van der Waals surface area contributed by atoms with Crippen molar-refractivity contribution in [3.63, 3.8) is 0 Å². The summed E-state index contributed by atoms with van der Waals surface area (Å²) < 4.78 is 0. The van der Waals surface area contributed by atoms with Gasteiger partial charge in [0.2, 0.25) is 0 Å². The second-order valence-electron chi connectivity index (χ2n) is 2.51. The molecule has 0 amide bonds. The minimum Gasteiger partial charge on any atom is -0.389 e. The minimum atomic E-state index is -0.750. The van der Waals surface area contributed by atoms with Gasteiger partial charge >= 0.3 is 0 Å². The molecule has 3 heteroatoms. The first-order valence-electron chi connectivity index (χ1n) is 2.75. The highest BCUT2D eigenvalue weighted by molar-refractivity contribution is 8.04. The third-order valence-electron chi connectivity index (χ3n) is 1.22. The molecule has 0 rings (SSSR count). The molecular weight excluding hydrogens is 134 g/mol. The fraction of sp³-hybridized carbons (Fsp3) is 0.833. The molecule has 0 saturated carbocycles. The molecule has 0 aliphatic heterocycles. The van der Waals surface area contributed by atoms with Crippen LogP contribution in [0.4, 0.5) is 0 Å². The van der Waals surface area contributed by atoms with Crippen LogP contribution in [0.15, 0.2) is 0 Å². The van der Waals surface area contributed by atoms with Crippen molar-refractivity contribution in [1.82, 2.24) is 0 Å². The Morgan fingerprint density at radius 2 is 2.11 bits per heavy atom. The molecule has 9 heavy (non-hydrogen) atoms. The molecule has 2 nitrogen and oxygen atoms in total. The molecule has 0 aromatic carbocycles. The molecule has 0 aromatic rings. The maximum Gasteiger partial charge on any atom is 0.133 e. The Kier molecular flexibility index (Phi) is 3.02. The maximum atomic E-state index is 9.25. The fourth-order valence-electron chi connectivity index (χ4n) is 0.223. The van der Waals surface area contributed by atoms with E-state index in [9.17, 15) is 5.11 Å². The van der Waals surface area contributed by atoms with Crippen LogP contribution in [0.5, 0.6) is 0 Å². The van der Waals surface area contributed by atoms with Crippen molar-refractivity contribution in [1.29, 1.82) is 5.26 Å². The third-order valence-corrected chi connectivity index (χ3v) is 2.26. The Bertz CT molecular complexity index is 122. The van der Waals surface area contributed by atoms with Gasteiger partial charge in [0.05, 0.1) is 5.60 Å². The lowest BCUT2D eigenvalue weighted by Crippen LogP contribution is -2.30. The van der Waals surface area contributed by atoms with E-state index in [1.807, 2.05) is 12.3 Å². The van der Waals surface area contributed by atoms with Gasteiger partial charge in [0, 0.05) is 5.25 Å². The van der Waals surface area contributed by atoms with Crippen molar-refractivity contribution < 1.29 is 5.11 Å². The summed E-state index contributed by atoms with van der Waals surface area (Å²) in [5, 5.41) is 19.4. The Labute approximate surface area is 59.9 Å². The van der Waals surface area contributed by atoms with E-state index in [1.165, 1.54) is 0 Å². The number of rotatable bonds is 2. The van der Waals surface area contributed by atoms with Crippen molar-refractivity contribution in [3.8, 4) is 5.40 Å². The van der Waals surface area contributed by atoms with Gasteiger partial charge in [-0.1, -0.05) is 0 Å². The topological polar surface area (TPSA) is 44.0 Å². The standard InChI is InChI=1S/C6H11NOS/c1-5(9-4-7)6(2,3)8/h5,8H,1-3H3. The zero-order chi connectivity index (χ0) is 7.49. The summed E-state index contributed by atoms with van der Waals surface area (Å²) in [6.07, 6.45) is 0. The van der Waals surface area contributed by atoms with Crippen molar-refractivity contribution >= 4 is 11.8 Å².